The number of ether oxygens (including phenoxy) is 1. The van der Waals surface area contributed by atoms with Crippen molar-refractivity contribution in [2.45, 2.75) is 17.4 Å². The lowest BCUT2D eigenvalue weighted by molar-refractivity contribution is -0.127. The van der Waals surface area contributed by atoms with Crippen molar-refractivity contribution in [3.8, 4) is 0 Å². The van der Waals surface area contributed by atoms with Crippen molar-refractivity contribution in [1.29, 1.82) is 0 Å². The van der Waals surface area contributed by atoms with Gasteiger partial charge in [-0.2, -0.15) is 4.31 Å². The first-order valence-electron chi connectivity index (χ1n) is 6.64. The Bertz CT molecular complexity index is 720. The molecule has 2 heterocycles. The fourth-order valence-corrected chi connectivity index (χ4v) is 4.43. The molecule has 1 aromatic carbocycles. The number of imide groups is 1. The summed E-state index contributed by atoms with van der Waals surface area (Å²) in [5.74, 6) is -0.433. The summed E-state index contributed by atoms with van der Waals surface area (Å²) >= 11 is 5.83. The van der Waals surface area contributed by atoms with E-state index in [0.717, 1.165) is 4.90 Å². The molecule has 22 heavy (non-hydrogen) atoms. The van der Waals surface area contributed by atoms with Gasteiger partial charge >= 0.3 is 6.09 Å². The standard InChI is InChI=1S/C13H13ClN2O5S/c14-9-2-1-3-11(6-9)22(19,20)15-5-4-10(7-15)16-12(17)8-21-13(16)18/h1-3,6,10H,4-5,7-8H2. The van der Waals surface area contributed by atoms with Crippen LogP contribution >= 0.6 is 11.6 Å². The third kappa shape index (κ3) is 2.57. The average Bonchev–Trinajstić information content (AvgIpc) is 3.06. The first kappa shape index (κ1) is 15.3. The zero-order valence-corrected chi connectivity index (χ0v) is 13.0. The smallest absolute Gasteiger partial charge is 0.417 e. The number of hydrogen-bond acceptors (Lipinski definition) is 5. The van der Waals surface area contributed by atoms with Crippen molar-refractivity contribution in [3.05, 3.63) is 29.3 Å². The van der Waals surface area contributed by atoms with Gasteiger partial charge in [0.05, 0.1) is 10.9 Å². The predicted molar refractivity (Wildman–Crippen MR) is 76.8 cm³/mol. The molecule has 2 saturated heterocycles. The number of halogens is 1. The van der Waals surface area contributed by atoms with E-state index in [1.807, 2.05) is 0 Å². The fourth-order valence-electron chi connectivity index (χ4n) is 2.63. The largest absolute Gasteiger partial charge is 0.439 e. The summed E-state index contributed by atoms with van der Waals surface area (Å²) in [6.07, 6.45) is -0.322. The van der Waals surface area contributed by atoms with Crippen LogP contribution in [0.4, 0.5) is 4.79 Å². The van der Waals surface area contributed by atoms with E-state index in [9.17, 15) is 18.0 Å². The number of rotatable bonds is 3. The van der Waals surface area contributed by atoms with Gasteiger partial charge in [0.1, 0.15) is 0 Å². The van der Waals surface area contributed by atoms with E-state index in [-0.39, 0.29) is 24.6 Å². The molecule has 0 spiro atoms. The monoisotopic (exact) mass is 344 g/mol. The van der Waals surface area contributed by atoms with Crippen LogP contribution in [0.3, 0.4) is 0 Å². The molecule has 1 atom stereocenters. The lowest BCUT2D eigenvalue weighted by atomic mass is 10.2. The highest BCUT2D eigenvalue weighted by atomic mass is 35.5. The molecule has 118 valence electrons. The summed E-state index contributed by atoms with van der Waals surface area (Å²) in [5, 5.41) is 0.329. The maximum Gasteiger partial charge on any atom is 0.417 e. The minimum absolute atomic E-state index is 0.0652. The second kappa shape index (κ2) is 5.53. The van der Waals surface area contributed by atoms with Gasteiger partial charge in [-0.25, -0.2) is 18.1 Å². The highest BCUT2D eigenvalue weighted by molar-refractivity contribution is 7.89. The van der Waals surface area contributed by atoms with Crippen molar-refractivity contribution >= 4 is 33.6 Å². The van der Waals surface area contributed by atoms with Gasteiger partial charge in [0.2, 0.25) is 10.0 Å². The zero-order valence-electron chi connectivity index (χ0n) is 11.4. The van der Waals surface area contributed by atoms with Gasteiger partial charge in [0.15, 0.2) is 6.61 Å². The van der Waals surface area contributed by atoms with Crippen molar-refractivity contribution in [1.82, 2.24) is 9.21 Å². The number of carbonyl (C=O) groups excluding carboxylic acids is 2. The maximum atomic E-state index is 12.6. The molecular weight excluding hydrogens is 332 g/mol. The SMILES string of the molecule is O=C1COC(=O)N1C1CCN(S(=O)(=O)c2cccc(Cl)c2)C1. The van der Waals surface area contributed by atoms with Gasteiger partial charge < -0.3 is 4.74 Å². The number of nitrogens with zero attached hydrogens (tertiary/aromatic N) is 2. The molecule has 0 N–H and O–H groups in total. The molecule has 0 bridgehead atoms. The van der Waals surface area contributed by atoms with Crippen LogP contribution in [0.25, 0.3) is 0 Å². The molecule has 0 radical (unpaired) electrons. The Morgan fingerprint density at radius 2 is 2.05 bits per heavy atom. The van der Waals surface area contributed by atoms with Gasteiger partial charge in [-0.15, -0.1) is 0 Å². The zero-order chi connectivity index (χ0) is 15.9. The Labute approximate surface area is 132 Å². The lowest BCUT2D eigenvalue weighted by Gasteiger charge is -2.20. The summed E-state index contributed by atoms with van der Waals surface area (Å²) in [5.41, 5.74) is 0. The van der Waals surface area contributed by atoms with Crippen LogP contribution in [0, 0.1) is 0 Å². The minimum Gasteiger partial charge on any atom is -0.439 e. The Balaban J connectivity index is 1.80. The van der Waals surface area contributed by atoms with Crippen molar-refractivity contribution in [3.63, 3.8) is 0 Å². The van der Waals surface area contributed by atoms with Crippen molar-refractivity contribution < 1.29 is 22.7 Å². The molecule has 0 aliphatic carbocycles. The normalized spacial score (nSPS) is 23.1. The minimum atomic E-state index is -3.70. The van der Waals surface area contributed by atoms with E-state index in [2.05, 4.69) is 4.74 Å². The van der Waals surface area contributed by atoms with E-state index in [1.54, 1.807) is 12.1 Å². The molecule has 2 fully saturated rings. The molecule has 2 amide bonds. The van der Waals surface area contributed by atoms with Gasteiger partial charge in [-0.1, -0.05) is 17.7 Å². The van der Waals surface area contributed by atoms with Gasteiger partial charge in [0.25, 0.3) is 5.91 Å². The predicted octanol–water partition coefficient (Wildman–Crippen LogP) is 1.08. The first-order valence-corrected chi connectivity index (χ1v) is 8.46. The fraction of sp³-hybridized carbons (Fsp3) is 0.385. The lowest BCUT2D eigenvalue weighted by Crippen LogP contribution is -2.42. The molecule has 9 heteroatoms. The molecule has 2 aliphatic rings. The summed E-state index contributed by atoms with van der Waals surface area (Å²) in [6, 6.07) is 5.50. The van der Waals surface area contributed by atoms with E-state index in [4.69, 9.17) is 11.6 Å². The molecule has 0 saturated carbocycles. The molecule has 7 nitrogen and oxygen atoms in total. The summed E-state index contributed by atoms with van der Waals surface area (Å²) < 4.78 is 31.0. The number of cyclic esters (lactones) is 1. The highest BCUT2D eigenvalue weighted by Crippen LogP contribution is 2.26. The van der Waals surface area contributed by atoms with Crippen molar-refractivity contribution in [2.75, 3.05) is 19.7 Å². The number of carbonyl (C=O) groups is 2. The van der Waals surface area contributed by atoms with Crippen LogP contribution in [-0.2, 0) is 19.6 Å². The van der Waals surface area contributed by atoms with Crippen LogP contribution in [0.5, 0.6) is 0 Å². The van der Waals surface area contributed by atoms with Gasteiger partial charge in [-0.05, 0) is 24.6 Å². The van der Waals surface area contributed by atoms with Crippen LogP contribution in [0.2, 0.25) is 5.02 Å². The third-order valence-electron chi connectivity index (χ3n) is 3.71. The second-order valence-electron chi connectivity index (χ2n) is 5.08. The van der Waals surface area contributed by atoms with E-state index in [0.29, 0.717) is 11.4 Å². The summed E-state index contributed by atoms with van der Waals surface area (Å²) in [7, 11) is -3.70. The Morgan fingerprint density at radius 1 is 1.27 bits per heavy atom. The van der Waals surface area contributed by atoms with E-state index < -0.39 is 28.1 Å². The first-order chi connectivity index (χ1) is 10.4. The molecular formula is C13H13ClN2O5S. The van der Waals surface area contributed by atoms with Crippen molar-refractivity contribution in [2.24, 2.45) is 0 Å². The van der Waals surface area contributed by atoms with Crippen LogP contribution < -0.4 is 0 Å². The van der Waals surface area contributed by atoms with E-state index in [1.165, 1.54) is 16.4 Å². The maximum absolute atomic E-state index is 12.6. The summed E-state index contributed by atoms with van der Waals surface area (Å²) in [4.78, 5) is 24.3. The van der Waals surface area contributed by atoms with Gasteiger partial charge in [0, 0.05) is 18.1 Å². The Hall–Kier alpha value is -1.64. The van der Waals surface area contributed by atoms with E-state index >= 15 is 0 Å². The Kier molecular flexibility index (Phi) is 3.84. The average molecular weight is 345 g/mol. The Morgan fingerprint density at radius 3 is 2.68 bits per heavy atom. The molecule has 0 aromatic heterocycles. The number of hydrogen-bond donors (Lipinski definition) is 0. The molecule has 1 unspecified atom stereocenters. The summed E-state index contributed by atoms with van der Waals surface area (Å²) in [6.45, 7) is 0.0165. The van der Waals surface area contributed by atoms with Crippen LogP contribution in [0.1, 0.15) is 6.42 Å². The quantitative estimate of drug-likeness (QED) is 0.819. The highest BCUT2D eigenvalue weighted by Gasteiger charge is 2.43. The van der Waals surface area contributed by atoms with Gasteiger partial charge in [-0.3, -0.25) is 4.79 Å². The second-order valence-corrected chi connectivity index (χ2v) is 7.46. The van der Waals surface area contributed by atoms with Crippen LogP contribution in [-0.4, -0.2) is 55.4 Å². The number of benzene rings is 1. The third-order valence-corrected chi connectivity index (χ3v) is 5.81. The number of amides is 2. The number of sulfonamides is 1. The molecule has 3 rings (SSSR count). The molecule has 1 aromatic rings. The van der Waals surface area contributed by atoms with Crippen LogP contribution in [0.15, 0.2) is 29.2 Å². The topological polar surface area (TPSA) is 84.0 Å². The molecule has 2 aliphatic heterocycles.